The number of rotatable bonds is 4. The van der Waals surface area contributed by atoms with Crippen molar-refractivity contribution in [2.24, 2.45) is 0 Å². The van der Waals surface area contributed by atoms with E-state index in [1.165, 1.54) is 6.08 Å². The Morgan fingerprint density at radius 2 is 2.10 bits per heavy atom. The third kappa shape index (κ3) is 3.05. The molecule has 2 aromatic rings. The zero-order valence-electron chi connectivity index (χ0n) is 10.7. The van der Waals surface area contributed by atoms with E-state index in [0.717, 1.165) is 4.68 Å². The van der Waals surface area contributed by atoms with Crippen molar-refractivity contribution >= 4 is 11.6 Å². The molecule has 1 aromatic heterocycles. The predicted octanol–water partition coefficient (Wildman–Crippen LogP) is 1.60. The van der Waals surface area contributed by atoms with Gasteiger partial charge in [0.15, 0.2) is 0 Å². The Hall–Kier alpha value is -3.02. The number of hydrogen-bond acceptors (Lipinski definition) is 4. The summed E-state index contributed by atoms with van der Waals surface area (Å²) in [5, 5.41) is 10.2. The van der Waals surface area contributed by atoms with Crippen molar-refractivity contribution in [3.05, 3.63) is 60.6 Å². The highest BCUT2D eigenvalue weighted by Gasteiger charge is 2.03. The van der Waals surface area contributed by atoms with Crippen molar-refractivity contribution in [2.75, 3.05) is 11.2 Å². The summed E-state index contributed by atoms with van der Waals surface area (Å²) in [6.07, 6.45) is 1.19. The maximum Gasteiger partial charge on any atom is 0.247 e. The molecule has 20 heavy (non-hydrogen) atoms. The Balaban J connectivity index is 2.23. The molecule has 0 aliphatic carbocycles. The molecule has 2 rings (SSSR count). The van der Waals surface area contributed by atoms with Crippen molar-refractivity contribution < 1.29 is 9.53 Å². The minimum absolute atomic E-state index is 0.124. The summed E-state index contributed by atoms with van der Waals surface area (Å²) < 4.78 is 6.71. The maximum absolute atomic E-state index is 11.2. The first-order valence-electron chi connectivity index (χ1n) is 5.83. The topological polar surface area (TPSA) is 93.1 Å². The molecule has 0 radical (unpaired) electrons. The average Bonchev–Trinajstić information content (AvgIpc) is 2.44. The summed E-state index contributed by atoms with van der Waals surface area (Å²) in [4.78, 5) is 11.2. The van der Waals surface area contributed by atoms with Gasteiger partial charge in [-0.2, -0.15) is 0 Å². The number of nitrogen functional groups attached to an aromatic ring is 1. The number of aromatic nitrogens is 1. The molecule has 0 bridgehead atoms. The first kappa shape index (κ1) is 13.4. The van der Waals surface area contributed by atoms with Gasteiger partial charge in [0.25, 0.3) is 0 Å². The molecular weight excluding hydrogens is 256 g/mol. The minimum atomic E-state index is -0.302. The zero-order chi connectivity index (χ0) is 14.5. The standard InChI is InChI=1S/C14H14N4O2/c1-2-13(19)17-10-5-3-6-11(9-10)20-14-8-4-7-12(15)18(14)16/h2-9,15H,1,16H2,(H,17,19). The number of carbonyl (C=O) groups is 1. The van der Waals surface area contributed by atoms with Gasteiger partial charge in [-0.05, 0) is 24.3 Å². The molecule has 1 aromatic carbocycles. The number of amides is 1. The molecule has 6 nitrogen and oxygen atoms in total. The monoisotopic (exact) mass is 270 g/mol. The fourth-order valence-corrected chi connectivity index (χ4v) is 1.54. The van der Waals surface area contributed by atoms with E-state index in [9.17, 15) is 4.79 Å². The van der Waals surface area contributed by atoms with Crippen molar-refractivity contribution in [1.29, 1.82) is 5.41 Å². The van der Waals surface area contributed by atoms with Crippen LogP contribution in [0.2, 0.25) is 0 Å². The molecule has 0 fully saturated rings. The quantitative estimate of drug-likeness (QED) is 0.582. The molecule has 0 saturated carbocycles. The lowest BCUT2D eigenvalue weighted by molar-refractivity contribution is -0.111. The number of nitrogens with two attached hydrogens (primary N) is 1. The van der Waals surface area contributed by atoms with Gasteiger partial charge in [-0.15, -0.1) is 0 Å². The Morgan fingerprint density at radius 1 is 1.35 bits per heavy atom. The van der Waals surface area contributed by atoms with E-state index in [2.05, 4.69) is 11.9 Å². The number of benzene rings is 1. The van der Waals surface area contributed by atoms with E-state index in [1.54, 1.807) is 42.5 Å². The summed E-state index contributed by atoms with van der Waals surface area (Å²) >= 11 is 0. The highest BCUT2D eigenvalue weighted by molar-refractivity contribution is 5.98. The second-order valence-electron chi connectivity index (χ2n) is 3.94. The van der Waals surface area contributed by atoms with Crippen molar-refractivity contribution in [3.63, 3.8) is 0 Å². The molecule has 1 amide bonds. The van der Waals surface area contributed by atoms with Gasteiger partial charge in [0.2, 0.25) is 11.8 Å². The lowest BCUT2D eigenvalue weighted by atomic mass is 10.3. The molecule has 0 aliphatic heterocycles. The molecule has 0 aliphatic rings. The molecule has 1 heterocycles. The van der Waals surface area contributed by atoms with E-state index >= 15 is 0 Å². The number of nitrogens with one attached hydrogen (secondary N) is 2. The number of hydrogen-bond donors (Lipinski definition) is 3. The van der Waals surface area contributed by atoms with Gasteiger partial charge in [-0.1, -0.05) is 18.7 Å². The number of pyridine rings is 1. The van der Waals surface area contributed by atoms with Gasteiger partial charge < -0.3 is 15.9 Å². The van der Waals surface area contributed by atoms with Crippen molar-refractivity contribution in [1.82, 2.24) is 4.68 Å². The molecule has 6 heteroatoms. The number of anilines is 1. The van der Waals surface area contributed by atoms with Crippen LogP contribution in [0.5, 0.6) is 11.6 Å². The first-order valence-corrected chi connectivity index (χ1v) is 5.83. The van der Waals surface area contributed by atoms with Crippen LogP contribution in [-0.4, -0.2) is 10.6 Å². The van der Waals surface area contributed by atoms with E-state index < -0.39 is 0 Å². The molecule has 0 unspecified atom stereocenters. The van der Waals surface area contributed by atoms with Crippen molar-refractivity contribution in [3.8, 4) is 11.6 Å². The van der Waals surface area contributed by atoms with Crippen LogP contribution in [0.15, 0.2) is 55.1 Å². The van der Waals surface area contributed by atoms with Gasteiger partial charge >= 0.3 is 0 Å². The smallest absolute Gasteiger partial charge is 0.247 e. The fourth-order valence-electron chi connectivity index (χ4n) is 1.54. The van der Waals surface area contributed by atoms with Crippen LogP contribution in [0.3, 0.4) is 0 Å². The van der Waals surface area contributed by atoms with Crippen LogP contribution < -0.4 is 21.4 Å². The Labute approximate surface area is 115 Å². The maximum atomic E-state index is 11.2. The molecule has 4 N–H and O–H groups in total. The highest BCUT2D eigenvalue weighted by Crippen LogP contribution is 2.22. The van der Waals surface area contributed by atoms with Crippen molar-refractivity contribution in [2.45, 2.75) is 0 Å². The lowest BCUT2D eigenvalue weighted by Crippen LogP contribution is -2.27. The van der Waals surface area contributed by atoms with E-state index in [-0.39, 0.29) is 11.4 Å². The Bertz CT molecular complexity index is 706. The SMILES string of the molecule is C=CC(=O)Nc1cccc(Oc2cccc(=N)n2N)c1. The van der Waals surface area contributed by atoms with Crippen LogP contribution in [-0.2, 0) is 4.79 Å². The van der Waals surface area contributed by atoms with E-state index in [1.807, 2.05) is 0 Å². The van der Waals surface area contributed by atoms with E-state index in [4.69, 9.17) is 16.0 Å². The molecule has 0 spiro atoms. The third-order valence-corrected chi connectivity index (χ3v) is 2.50. The normalized spacial score (nSPS) is 9.80. The summed E-state index contributed by atoms with van der Waals surface area (Å²) in [6.45, 7) is 3.38. The van der Waals surface area contributed by atoms with Gasteiger partial charge in [-0.3, -0.25) is 10.2 Å². The molecule has 0 saturated heterocycles. The average molecular weight is 270 g/mol. The summed E-state index contributed by atoms with van der Waals surface area (Å²) in [6, 6.07) is 11.7. The van der Waals surface area contributed by atoms with Crippen LogP contribution >= 0.6 is 0 Å². The zero-order valence-corrected chi connectivity index (χ0v) is 10.7. The third-order valence-electron chi connectivity index (χ3n) is 2.50. The van der Waals surface area contributed by atoms with Gasteiger partial charge in [0.1, 0.15) is 11.2 Å². The highest BCUT2D eigenvalue weighted by atomic mass is 16.5. The second kappa shape index (κ2) is 5.75. The summed E-state index contributed by atoms with van der Waals surface area (Å²) in [7, 11) is 0. The first-order chi connectivity index (χ1) is 9.60. The van der Waals surface area contributed by atoms with Crippen LogP contribution in [0.25, 0.3) is 0 Å². The molecule has 0 atom stereocenters. The van der Waals surface area contributed by atoms with Gasteiger partial charge in [0.05, 0.1) is 0 Å². The van der Waals surface area contributed by atoms with Crippen LogP contribution in [0.4, 0.5) is 5.69 Å². The van der Waals surface area contributed by atoms with Crippen LogP contribution in [0.1, 0.15) is 0 Å². The van der Waals surface area contributed by atoms with Crippen LogP contribution in [0, 0.1) is 5.41 Å². The Kier molecular flexibility index (Phi) is 3.85. The predicted molar refractivity (Wildman–Crippen MR) is 75.8 cm³/mol. The van der Waals surface area contributed by atoms with Gasteiger partial charge in [-0.25, -0.2) is 4.68 Å². The fraction of sp³-hybridized carbons (Fsp3) is 0. The number of ether oxygens (including phenoxy) is 1. The lowest BCUT2D eigenvalue weighted by Gasteiger charge is -2.11. The second-order valence-corrected chi connectivity index (χ2v) is 3.94. The van der Waals surface area contributed by atoms with E-state index in [0.29, 0.717) is 17.3 Å². The number of carbonyl (C=O) groups excluding carboxylic acids is 1. The molecular formula is C14H14N4O2. The summed E-state index contributed by atoms with van der Waals surface area (Å²) in [5.41, 5.74) is 0.705. The minimum Gasteiger partial charge on any atom is -0.439 e. The van der Waals surface area contributed by atoms with Gasteiger partial charge in [0, 0.05) is 17.8 Å². The largest absolute Gasteiger partial charge is 0.439 e. The summed E-state index contributed by atoms with van der Waals surface area (Å²) in [5.74, 6) is 6.21. The number of nitrogens with zero attached hydrogens (tertiary/aromatic N) is 1. The molecule has 102 valence electrons. The Morgan fingerprint density at radius 3 is 2.85 bits per heavy atom.